The third-order valence-corrected chi connectivity index (χ3v) is 4.65. The minimum absolute atomic E-state index is 0.0564. The van der Waals surface area contributed by atoms with Gasteiger partial charge in [0.25, 0.3) is 0 Å². The Morgan fingerprint density at radius 2 is 2.05 bits per heavy atom. The van der Waals surface area contributed by atoms with Crippen LogP contribution in [0.5, 0.6) is 0 Å². The van der Waals surface area contributed by atoms with Crippen molar-refractivity contribution in [1.29, 1.82) is 0 Å². The van der Waals surface area contributed by atoms with E-state index in [1.165, 1.54) is 25.7 Å². The number of carbonyl (C=O) groups is 1. The maximum Gasteiger partial charge on any atom is 0.234 e. The molecule has 4 heteroatoms. The van der Waals surface area contributed by atoms with Crippen molar-refractivity contribution >= 4 is 5.91 Å². The van der Waals surface area contributed by atoms with Crippen LogP contribution in [0.3, 0.4) is 0 Å². The van der Waals surface area contributed by atoms with Gasteiger partial charge in [-0.25, -0.2) is 0 Å². The summed E-state index contributed by atoms with van der Waals surface area (Å²) in [5.74, 6) is 1.73. The van der Waals surface area contributed by atoms with Crippen molar-refractivity contribution in [3.63, 3.8) is 0 Å². The molecule has 1 amide bonds. The van der Waals surface area contributed by atoms with Gasteiger partial charge in [-0.05, 0) is 64.5 Å². The molecule has 0 spiro atoms. The molecule has 1 saturated heterocycles. The number of piperidine rings is 1. The predicted molar refractivity (Wildman–Crippen MR) is 82.7 cm³/mol. The van der Waals surface area contributed by atoms with Crippen molar-refractivity contribution in [1.82, 2.24) is 15.5 Å². The number of hydrogen-bond acceptors (Lipinski definition) is 3. The molecule has 1 aliphatic carbocycles. The molecule has 0 aromatic carbocycles. The van der Waals surface area contributed by atoms with Gasteiger partial charge in [0.1, 0.15) is 0 Å². The third kappa shape index (κ3) is 5.06. The summed E-state index contributed by atoms with van der Waals surface area (Å²) in [5.41, 5.74) is 0.0564. The van der Waals surface area contributed by atoms with Crippen molar-refractivity contribution in [2.45, 2.75) is 52.0 Å². The smallest absolute Gasteiger partial charge is 0.234 e. The van der Waals surface area contributed by atoms with Crippen LogP contribution in [0.15, 0.2) is 0 Å². The first-order chi connectivity index (χ1) is 9.47. The van der Waals surface area contributed by atoms with Crippen LogP contribution in [-0.4, -0.2) is 49.1 Å². The number of hydrogen-bond donors (Lipinski definition) is 2. The molecule has 0 radical (unpaired) electrons. The van der Waals surface area contributed by atoms with Crippen LogP contribution in [0.2, 0.25) is 0 Å². The summed E-state index contributed by atoms with van der Waals surface area (Å²) >= 11 is 0. The second-order valence-electron chi connectivity index (χ2n) is 7.36. The molecule has 4 nitrogen and oxygen atoms in total. The van der Waals surface area contributed by atoms with Crippen LogP contribution in [0.25, 0.3) is 0 Å². The highest BCUT2D eigenvalue weighted by atomic mass is 16.1. The maximum absolute atomic E-state index is 11.8. The molecular formula is C16H31N3O. The van der Waals surface area contributed by atoms with Crippen molar-refractivity contribution in [3.05, 3.63) is 0 Å². The van der Waals surface area contributed by atoms with E-state index in [1.807, 2.05) is 0 Å². The molecule has 0 aromatic heterocycles. The second-order valence-corrected chi connectivity index (χ2v) is 7.36. The lowest BCUT2D eigenvalue weighted by molar-refractivity contribution is -0.120. The Hall–Kier alpha value is -0.610. The van der Waals surface area contributed by atoms with Crippen LogP contribution in [0, 0.1) is 11.8 Å². The number of likely N-dealkylation sites (tertiary alicyclic amines) is 1. The average Bonchev–Trinajstić information content (AvgIpc) is 3.21. The summed E-state index contributed by atoms with van der Waals surface area (Å²) in [4.78, 5) is 14.4. The first-order valence-corrected chi connectivity index (χ1v) is 8.20. The van der Waals surface area contributed by atoms with Crippen LogP contribution in [-0.2, 0) is 4.79 Å². The largest absolute Gasteiger partial charge is 0.353 e. The van der Waals surface area contributed by atoms with Gasteiger partial charge < -0.3 is 10.6 Å². The van der Waals surface area contributed by atoms with E-state index in [0.717, 1.165) is 38.0 Å². The first-order valence-electron chi connectivity index (χ1n) is 8.20. The fourth-order valence-electron chi connectivity index (χ4n) is 2.94. The fourth-order valence-corrected chi connectivity index (χ4v) is 2.94. The standard InChI is InChI=1S/C16H31N3O/c1-13-5-4-8-19(11-13)16(2,3)12-18-15(20)10-17-9-14-6-7-14/h13-14,17H,4-12H2,1-3H3,(H,18,20). The lowest BCUT2D eigenvalue weighted by Gasteiger charge is -2.43. The molecule has 0 bridgehead atoms. The highest BCUT2D eigenvalue weighted by Gasteiger charge is 2.30. The van der Waals surface area contributed by atoms with Gasteiger partial charge in [-0.2, -0.15) is 0 Å². The highest BCUT2D eigenvalue weighted by molar-refractivity contribution is 5.78. The molecule has 1 aliphatic heterocycles. The van der Waals surface area contributed by atoms with Crippen LogP contribution in [0.4, 0.5) is 0 Å². The Balaban J connectivity index is 1.65. The molecule has 1 atom stereocenters. The van der Waals surface area contributed by atoms with E-state index >= 15 is 0 Å². The Kier molecular flexibility index (Phi) is 5.44. The number of rotatable bonds is 7. The molecule has 2 aliphatic rings. The van der Waals surface area contributed by atoms with Gasteiger partial charge >= 0.3 is 0 Å². The Morgan fingerprint density at radius 3 is 2.70 bits per heavy atom. The van der Waals surface area contributed by atoms with Gasteiger partial charge in [0.05, 0.1) is 6.54 Å². The third-order valence-electron chi connectivity index (χ3n) is 4.65. The molecular weight excluding hydrogens is 250 g/mol. The minimum Gasteiger partial charge on any atom is -0.353 e. The summed E-state index contributed by atoms with van der Waals surface area (Å²) in [5, 5.41) is 6.33. The maximum atomic E-state index is 11.8. The zero-order valence-corrected chi connectivity index (χ0v) is 13.4. The van der Waals surface area contributed by atoms with Gasteiger partial charge in [-0.1, -0.05) is 6.92 Å². The van der Waals surface area contributed by atoms with E-state index in [-0.39, 0.29) is 11.4 Å². The Morgan fingerprint density at radius 1 is 1.30 bits per heavy atom. The molecule has 1 unspecified atom stereocenters. The van der Waals surface area contributed by atoms with Crippen molar-refractivity contribution in [3.8, 4) is 0 Å². The number of amides is 1. The van der Waals surface area contributed by atoms with Gasteiger partial charge in [-0.3, -0.25) is 9.69 Å². The first kappa shape index (κ1) is 15.8. The molecule has 116 valence electrons. The Bertz CT molecular complexity index is 326. The number of nitrogens with zero attached hydrogens (tertiary/aromatic N) is 1. The van der Waals surface area contributed by atoms with Crippen molar-refractivity contribution < 1.29 is 4.79 Å². The van der Waals surface area contributed by atoms with E-state index in [4.69, 9.17) is 0 Å². The quantitative estimate of drug-likeness (QED) is 0.745. The summed E-state index contributed by atoms with van der Waals surface area (Å²) in [6.07, 6.45) is 5.27. The van der Waals surface area contributed by atoms with E-state index in [9.17, 15) is 4.79 Å². The SMILES string of the molecule is CC1CCCN(C(C)(C)CNC(=O)CNCC2CC2)C1. The monoisotopic (exact) mass is 281 g/mol. The number of carbonyl (C=O) groups excluding carboxylic acids is 1. The van der Waals surface area contributed by atoms with E-state index in [1.54, 1.807) is 0 Å². The molecule has 20 heavy (non-hydrogen) atoms. The molecule has 1 saturated carbocycles. The van der Waals surface area contributed by atoms with Crippen LogP contribution >= 0.6 is 0 Å². The molecule has 0 aromatic rings. The zero-order valence-electron chi connectivity index (χ0n) is 13.4. The highest BCUT2D eigenvalue weighted by Crippen LogP contribution is 2.27. The van der Waals surface area contributed by atoms with Gasteiger partial charge in [0.15, 0.2) is 0 Å². The normalized spacial score (nSPS) is 24.6. The zero-order chi connectivity index (χ0) is 14.6. The summed E-state index contributed by atoms with van der Waals surface area (Å²) in [6.45, 7) is 11.3. The molecule has 2 rings (SSSR count). The van der Waals surface area contributed by atoms with Crippen LogP contribution in [0.1, 0.15) is 46.5 Å². The Labute approximate surface area is 123 Å². The molecule has 2 fully saturated rings. The van der Waals surface area contributed by atoms with E-state index in [0.29, 0.717) is 6.54 Å². The number of nitrogens with one attached hydrogen (secondary N) is 2. The van der Waals surface area contributed by atoms with Gasteiger partial charge in [0, 0.05) is 18.6 Å². The topological polar surface area (TPSA) is 44.4 Å². The predicted octanol–water partition coefficient (Wildman–Crippen LogP) is 1.61. The van der Waals surface area contributed by atoms with E-state index < -0.39 is 0 Å². The van der Waals surface area contributed by atoms with E-state index in [2.05, 4.69) is 36.3 Å². The van der Waals surface area contributed by atoms with Gasteiger partial charge in [-0.15, -0.1) is 0 Å². The van der Waals surface area contributed by atoms with Crippen molar-refractivity contribution in [2.75, 3.05) is 32.7 Å². The lowest BCUT2D eigenvalue weighted by Crippen LogP contribution is -2.55. The summed E-state index contributed by atoms with van der Waals surface area (Å²) in [7, 11) is 0. The molecule has 1 heterocycles. The summed E-state index contributed by atoms with van der Waals surface area (Å²) in [6, 6.07) is 0. The minimum atomic E-state index is 0.0564. The van der Waals surface area contributed by atoms with Crippen molar-refractivity contribution in [2.24, 2.45) is 11.8 Å². The fraction of sp³-hybridized carbons (Fsp3) is 0.938. The molecule has 2 N–H and O–H groups in total. The summed E-state index contributed by atoms with van der Waals surface area (Å²) < 4.78 is 0. The lowest BCUT2D eigenvalue weighted by atomic mass is 9.93. The van der Waals surface area contributed by atoms with Crippen LogP contribution < -0.4 is 10.6 Å². The average molecular weight is 281 g/mol. The van der Waals surface area contributed by atoms with Gasteiger partial charge in [0.2, 0.25) is 5.91 Å². The second kappa shape index (κ2) is 6.90.